The second-order valence-corrected chi connectivity index (χ2v) is 0.519. The molecule has 0 aromatic rings. The zero-order valence-electron chi connectivity index (χ0n) is 3.47. The summed E-state index contributed by atoms with van der Waals surface area (Å²) in [5.41, 5.74) is 0. The average molecular weight is 104 g/mol. The van der Waals surface area contributed by atoms with Crippen molar-refractivity contribution in [3.8, 4) is 0 Å². The zero-order chi connectivity index (χ0) is 5.58. The summed E-state index contributed by atoms with van der Waals surface area (Å²) in [4.78, 5) is 9.00. The Morgan fingerprint density at radius 1 is 1.67 bits per heavy atom. The summed E-state index contributed by atoms with van der Waals surface area (Å²) >= 11 is 0.611. The molecule has 0 unspecified atom stereocenters. The van der Waals surface area contributed by atoms with E-state index in [1.807, 2.05) is 0 Å². The van der Waals surface area contributed by atoms with Gasteiger partial charge in [0.1, 0.15) is 0 Å². The van der Waals surface area contributed by atoms with Crippen molar-refractivity contribution in [3.63, 3.8) is 0 Å². The first-order valence-electron chi connectivity index (χ1n) is 1.22. The molecule has 0 aromatic heterocycles. The van der Waals surface area contributed by atoms with Crippen molar-refractivity contribution < 1.29 is 13.7 Å². The molecule has 0 rings (SSSR count). The number of carboxylic acid groups (broad SMARTS) is 1. The van der Waals surface area contributed by atoms with Crippen molar-refractivity contribution in [2.75, 3.05) is 0 Å². The number of aliphatic carboxylic acids is 1. The maximum atomic E-state index is 9.00. The van der Waals surface area contributed by atoms with E-state index in [1.54, 1.807) is 0 Å². The van der Waals surface area contributed by atoms with Gasteiger partial charge in [-0.1, -0.05) is 0 Å². The SMILES string of the molecule is CC(=O)O.[O]=[AlH]. The van der Waals surface area contributed by atoms with E-state index >= 15 is 0 Å². The molecule has 0 radical (unpaired) electrons. The quantitative estimate of drug-likeness (QED) is 0.414. The summed E-state index contributed by atoms with van der Waals surface area (Å²) in [6.07, 6.45) is 0. The molecule has 6 heavy (non-hydrogen) atoms. The van der Waals surface area contributed by atoms with Crippen LogP contribution < -0.4 is 0 Å². The van der Waals surface area contributed by atoms with Crippen molar-refractivity contribution in [1.82, 2.24) is 0 Å². The minimum atomic E-state index is -0.833. The van der Waals surface area contributed by atoms with Crippen LogP contribution in [0.25, 0.3) is 0 Å². The summed E-state index contributed by atoms with van der Waals surface area (Å²) in [5, 5.41) is 7.42. The maximum absolute atomic E-state index is 9.00. The predicted octanol–water partition coefficient (Wildman–Crippen LogP) is -0.676. The molecule has 0 amide bonds. The van der Waals surface area contributed by atoms with Crippen LogP contribution in [0.3, 0.4) is 0 Å². The topological polar surface area (TPSA) is 54.4 Å². The Kier molecular flexibility index (Phi) is 13.6. The van der Waals surface area contributed by atoms with E-state index in [0.717, 1.165) is 6.92 Å². The fraction of sp³-hybridized carbons (Fsp3) is 0.500. The molecule has 0 saturated carbocycles. The Labute approximate surface area is 43.6 Å². The van der Waals surface area contributed by atoms with Gasteiger partial charge >= 0.3 is 20.0 Å². The van der Waals surface area contributed by atoms with Gasteiger partial charge in [0.25, 0.3) is 5.97 Å². The first-order valence-corrected chi connectivity index (χ1v) is 1.79. The Hall–Kier alpha value is -0.198. The van der Waals surface area contributed by atoms with E-state index in [2.05, 4.69) is 0 Å². The summed E-state index contributed by atoms with van der Waals surface area (Å²) < 4.78 is 8.28. The second kappa shape index (κ2) is 8.84. The molecule has 0 fully saturated rings. The number of carbonyl (C=O) groups is 1. The fourth-order valence-corrected chi connectivity index (χ4v) is 0. The summed E-state index contributed by atoms with van der Waals surface area (Å²) in [6.45, 7) is 1.08. The minimum absolute atomic E-state index is 0.611. The molecule has 0 heterocycles. The molecule has 3 nitrogen and oxygen atoms in total. The van der Waals surface area contributed by atoms with E-state index in [0.29, 0.717) is 16.2 Å². The van der Waals surface area contributed by atoms with E-state index in [9.17, 15) is 0 Å². The van der Waals surface area contributed by atoms with Gasteiger partial charge in [-0.25, -0.2) is 0 Å². The number of hydrogen-bond acceptors (Lipinski definition) is 2. The van der Waals surface area contributed by atoms with Gasteiger partial charge in [-0.2, -0.15) is 0 Å². The predicted molar refractivity (Wildman–Crippen MR) is 21.1 cm³/mol. The fourth-order valence-electron chi connectivity index (χ4n) is 0. The van der Waals surface area contributed by atoms with E-state index in [4.69, 9.17) is 13.7 Å². The molecule has 4 heteroatoms. The van der Waals surface area contributed by atoms with Crippen LogP contribution in [-0.4, -0.2) is 27.3 Å². The average Bonchev–Trinajstić information content (AvgIpc) is 1.41. The molecule has 0 spiro atoms. The van der Waals surface area contributed by atoms with Crippen LogP contribution in [0.15, 0.2) is 0 Å². The molecule has 0 aliphatic carbocycles. The van der Waals surface area contributed by atoms with Crippen LogP contribution in [0.1, 0.15) is 6.92 Å². The number of rotatable bonds is 0. The Bertz CT molecular complexity index is 40.1. The monoisotopic (exact) mass is 104 g/mol. The molecule has 0 aliphatic rings. The van der Waals surface area contributed by atoms with Crippen LogP contribution >= 0.6 is 0 Å². The molecule has 0 aromatic carbocycles. The summed E-state index contributed by atoms with van der Waals surface area (Å²) in [7, 11) is 0. The molecule has 0 bridgehead atoms. The summed E-state index contributed by atoms with van der Waals surface area (Å²) in [6, 6.07) is 0. The van der Waals surface area contributed by atoms with Gasteiger partial charge in [0.2, 0.25) is 0 Å². The Morgan fingerprint density at radius 3 is 1.67 bits per heavy atom. The third-order valence-corrected chi connectivity index (χ3v) is 0. The third-order valence-electron chi connectivity index (χ3n) is 0. The van der Waals surface area contributed by atoms with Gasteiger partial charge in [0.05, 0.1) is 0 Å². The molecule has 1 N–H and O–H groups in total. The van der Waals surface area contributed by atoms with Crippen LogP contribution in [0.2, 0.25) is 0 Å². The zero-order valence-corrected chi connectivity index (χ0v) is 4.89. The molecule has 0 atom stereocenters. The third kappa shape index (κ3) is 765. The Morgan fingerprint density at radius 2 is 1.67 bits per heavy atom. The van der Waals surface area contributed by atoms with Gasteiger partial charge in [-0.05, 0) is 0 Å². The first-order chi connectivity index (χ1) is 2.73. The molecule has 0 saturated heterocycles. The van der Waals surface area contributed by atoms with Crippen molar-refractivity contribution in [2.45, 2.75) is 6.92 Å². The molecule has 34 valence electrons. The second-order valence-electron chi connectivity index (χ2n) is 0.519. The molecular formula is C2H5AlO3. The van der Waals surface area contributed by atoms with Gasteiger partial charge in [0, 0.05) is 6.92 Å². The van der Waals surface area contributed by atoms with E-state index in [1.165, 1.54) is 0 Å². The summed E-state index contributed by atoms with van der Waals surface area (Å²) in [5.74, 6) is -0.833. The normalized spacial score (nSPS) is 4.67. The van der Waals surface area contributed by atoms with Crippen molar-refractivity contribution in [1.29, 1.82) is 0 Å². The first kappa shape index (κ1) is 9.26. The molecule has 0 aliphatic heterocycles. The van der Waals surface area contributed by atoms with Gasteiger partial charge < -0.3 is 5.11 Å². The van der Waals surface area contributed by atoms with Crippen LogP contribution in [0.5, 0.6) is 0 Å². The molecular weight excluding hydrogens is 99.0 g/mol. The van der Waals surface area contributed by atoms with Gasteiger partial charge in [0.15, 0.2) is 0 Å². The number of carboxylic acids is 1. The Balaban J connectivity index is 0. The van der Waals surface area contributed by atoms with Gasteiger partial charge in [-0.3, -0.25) is 4.79 Å². The number of hydrogen-bond donors (Lipinski definition) is 1. The standard InChI is InChI=1S/C2H4O2.Al.O.H/c1-2(3)4;;;/h1H3,(H,3,4);;;. The van der Waals surface area contributed by atoms with Gasteiger partial charge in [-0.15, -0.1) is 0 Å². The van der Waals surface area contributed by atoms with Crippen molar-refractivity contribution in [2.24, 2.45) is 0 Å². The van der Waals surface area contributed by atoms with E-state index in [-0.39, 0.29) is 0 Å². The van der Waals surface area contributed by atoms with E-state index < -0.39 is 5.97 Å². The van der Waals surface area contributed by atoms with Crippen LogP contribution in [0.4, 0.5) is 0 Å². The van der Waals surface area contributed by atoms with Crippen LogP contribution in [-0.2, 0) is 8.60 Å². The van der Waals surface area contributed by atoms with Crippen molar-refractivity contribution in [3.05, 3.63) is 0 Å². The van der Waals surface area contributed by atoms with Crippen LogP contribution in [0, 0.1) is 0 Å². The van der Waals surface area contributed by atoms with Crippen molar-refractivity contribution >= 4 is 22.2 Å².